The van der Waals surface area contributed by atoms with Crippen LogP contribution in [0.4, 0.5) is 0 Å². The number of benzene rings is 2. The lowest BCUT2D eigenvalue weighted by Gasteiger charge is -2.33. The van der Waals surface area contributed by atoms with E-state index in [4.69, 9.17) is 27.9 Å². The molecule has 0 aliphatic rings. The molecule has 2 aromatic carbocycles. The van der Waals surface area contributed by atoms with Gasteiger partial charge in [-0.1, -0.05) is 48.3 Å². The summed E-state index contributed by atoms with van der Waals surface area (Å²) in [5.41, 5.74) is 0.334. The summed E-state index contributed by atoms with van der Waals surface area (Å²) in [4.78, 5) is 27.7. The predicted octanol–water partition coefficient (Wildman–Crippen LogP) is 5.86. The SMILES string of the molecule is CC[C@H](C(=O)NC(C)(C)C)N(Cc1ccccc1Cl)C(=O)COc1ccc(Cl)cc1Br. The Morgan fingerprint density at radius 1 is 1.16 bits per heavy atom. The van der Waals surface area contributed by atoms with Gasteiger partial charge in [0.1, 0.15) is 11.8 Å². The van der Waals surface area contributed by atoms with Crippen molar-refractivity contribution in [3.05, 3.63) is 62.5 Å². The topological polar surface area (TPSA) is 58.6 Å². The van der Waals surface area contributed by atoms with Crippen LogP contribution < -0.4 is 10.1 Å². The number of nitrogens with one attached hydrogen (secondary N) is 1. The summed E-state index contributed by atoms with van der Waals surface area (Å²) in [6, 6.07) is 11.7. The molecule has 1 N–H and O–H groups in total. The number of rotatable bonds is 8. The Balaban J connectivity index is 2.27. The summed E-state index contributed by atoms with van der Waals surface area (Å²) in [5, 5.41) is 4.05. The number of ether oxygens (including phenoxy) is 1. The van der Waals surface area contributed by atoms with Gasteiger partial charge < -0.3 is 15.0 Å². The highest BCUT2D eigenvalue weighted by Crippen LogP contribution is 2.28. The summed E-state index contributed by atoms with van der Waals surface area (Å²) < 4.78 is 6.36. The first-order chi connectivity index (χ1) is 14.5. The molecule has 0 radical (unpaired) electrons. The Labute approximate surface area is 202 Å². The summed E-state index contributed by atoms with van der Waals surface area (Å²) in [7, 11) is 0. The molecule has 0 bridgehead atoms. The highest BCUT2D eigenvalue weighted by Gasteiger charge is 2.31. The third kappa shape index (κ3) is 7.70. The Kier molecular flexibility index (Phi) is 9.22. The van der Waals surface area contributed by atoms with Crippen LogP contribution in [0.2, 0.25) is 10.0 Å². The minimum absolute atomic E-state index is 0.194. The van der Waals surface area contributed by atoms with Gasteiger partial charge >= 0.3 is 0 Å². The van der Waals surface area contributed by atoms with E-state index >= 15 is 0 Å². The monoisotopic (exact) mass is 528 g/mol. The second-order valence-corrected chi connectivity index (χ2v) is 9.84. The summed E-state index contributed by atoms with van der Waals surface area (Å²) in [6.45, 7) is 7.54. The summed E-state index contributed by atoms with van der Waals surface area (Å²) in [5.74, 6) is -0.0524. The third-order valence-electron chi connectivity index (χ3n) is 4.43. The highest BCUT2D eigenvalue weighted by atomic mass is 79.9. The molecule has 0 aliphatic carbocycles. The van der Waals surface area contributed by atoms with E-state index in [9.17, 15) is 9.59 Å². The van der Waals surface area contributed by atoms with Gasteiger partial charge in [-0.3, -0.25) is 9.59 Å². The Hall–Kier alpha value is -1.76. The summed E-state index contributed by atoms with van der Waals surface area (Å²) in [6.07, 6.45) is 0.447. The molecular weight excluding hydrogens is 503 g/mol. The first kappa shape index (κ1) is 25.5. The second kappa shape index (κ2) is 11.2. The maximum atomic E-state index is 13.2. The van der Waals surface area contributed by atoms with Gasteiger partial charge in [0.25, 0.3) is 5.91 Å². The lowest BCUT2D eigenvalue weighted by Crippen LogP contribution is -2.54. The first-order valence-electron chi connectivity index (χ1n) is 9.94. The zero-order valence-corrected chi connectivity index (χ0v) is 21.1. The number of carbonyl (C=O) groups excluding carboxylic acids is 2. The maximum Gasteiger partial charge on any atom is 0.261 e. The van der Waals surface area contributed by atoms with E-state index in [0.717, 1.165) is 5.56 Å². The van der Waals surface area contributed by atoms with Gasteiger partial charge in [0.15, 0.2) is 6.61 Å². The van der Waals surface area contributed by atoms with Crippen LogP contribution in [0.15, 0.2) is 46.9 Å². The molecule has 2 rings (SSSR count). The van der Waals surface area contributed by atoms with Crippen molar-refractivity contribution in [3.63, 3.8) is 0 Å². The van der Waals surface area contributed by atoms with E-state index in [1.165, 1.54) is 4.90 Å². The molecule has 5 nitrogen and oxygen atoms in total. The van der Waals surface area contributed by atoms with Crippen molar-refractivity contribution in [3.8, 4) is 5.75 Å². The average molecular weight is 530 g/mol. The number of halogens is 3. The lowest BCUT2D eigenvalue weighted by atomic mass is 10.1. The van der Waals surface area contributed by atoms with Gasteiger partial charge in [0.05, 0.1) is 4.47 Å². The maximum absolute atomic E-state index is 13.2. The van der Waals surface area contributed by atoms with E-state index in [1.54, 1.807) is 24.3 Å². The van der Waals surface area contributed by atoms with Crippen LogP contribution in [0.5, 0.6) is 5.75 Å². The molecule has 1 atom stereocenters. The van der Waals surface area contributed by atoms with Gasteiger partial charge in [-0.2, -0.15) is 0 Å². The molecule has 0 saturated heterocycles. The molecule has 0 heterocycles. The normalized spacial score (nSPS) is 12.2. The van der Waals surface area contributed by atoms with Crippen molar-refractivity contribution >= 4 is 50.9 Å². The molecule has 0 saturated carbocycles. The largest absolute Gasteiger partial charge is 0.483 e. The van der Waals surface area contributed by atoms with Crippen LogP contribution in [-0.4, -0.2) is 34.9 Å². The number of nitrogens with zero attached hydrogens (tertiary/aromatic N) is 1. The Morgan fingerprint density at radius 3 is 2.42 bits per heavy atom. The molecule has 0 aromatic heterocycles. The van der Waals surface area contributed by atoms with Crippen LogP contribution in [0.25, 0.3) is 0 Å². The number of hydrogen-bond donors (Lipinski definition) is 1. The first-order valence-corrected chi connectivity index (χ1v) is 11.5. The smallest absolute Gasteiger partial charge is 0.261 e. The fourth-order valence-corrected chi connectivity index (χ4v) is 3.99. The molecular formula is C23H27BrCl2N2O3. The van der Waals surface area contributed by atoms with Gasteiger partial charge in [-0.25, -0.2) is 0 Å². The highest BCUT2D eigenvalue weighted by molar-refractivity contribution is 9.10. The predicted molar refractivity (Wildman–Crippen MR) is 129 cm³/mol. The molecule has 31 heavy (non-hydrogen) atoms. The Bertz CT molecular complexity index is 931. The van der Waals surface area contributed by atoms with Crippen molar-refractivity contribution < 1.29 is 14.3 Å². The molecule has 168 valence electrons. The van der Waals surface area contributed by atoms with E-state index < -0.39 is 11.6 Å². The van der Waals surface area contributed by atoms with E-state index in [2.05, 4.69) is 21.2 Å². The van der Waals surface area contributed by atoms with Crippen LogP contribution in [0.1, 0.15) is 39.7 Å². The summed E-state index contributed by atoms with van der Waals surface area (Å²) >= 11 is 15.7. The standard InChI is InChI=1S/C23H27BrCl2N2O3/c1-5-19(22(30)27-23(2,3)4)28(13-15-8-6-7-9-18(15)26)21(29)14-31-20-11-10-16(25)12-17(20)24/h6-12,19H,5,13-14H2,1-4H3,(H,27,30)/t19-/m1/s1. The fourth-order valence-electron chi connectivity index (χ4n) is 3.00. The average Bonchev–Trinajstić information content (AvgIpc) is 2.67. The van der Waals surface area contributed by atoms with Gasteiger partial charge in [-0.05, 0) is 73.0 Å². The second-order valence-electron chi connectivity index (χ2n) is 8.14. The van der Waals surface area contributed by atoms with E-state index in [0.29, 0.717) is 26.7 Å². The molecule has 0 fully saturated rings. The molecule has 2 amide bonds. The third-order valence-corrected chi connectivity index (χ3v) is 5.65. The van der Waals surface area contributed by atoms with Crippen molar-refractivity contribution in [2.24, 2.45) is 0 Å². The minimum atomic E-state index is -0.666. The van der Waals surface area contributed by atoms with Crippen LogP contribution >= 0.6 is 39.1 Å². The quantitative estimate of drug-likeness (QED) is 0.466. The zero-order chi connectivity index (χ0) is 23.2. The fraction of sp³-hybridized carbons (Fsp3) is 0.391. The molecule has 0 spiro atoms. The minimum Gasteiger partial charge on any atom is -0.483 e. The van der Waals surface area contributed by atoms with Gasteiger partial charge in [0, 0.05) is 22.1 Å². The number of carbonyl (C=O) groups is 2. The molecule has 0 aliphatic heterocycles. The molecule has 2 aromatic rings. The van der Waals surface area contributed by atoms with Gasteiger partial charge in [0.2, 0.25) is 5.91 Å². The van der Waals surface area contributed by atoms with Crippen molar-refractivity contribution in [1.29, 1.82) is 0 Å². The zero-order valence-electron chi connectivity index (χ0n) is 18.0. The Morgan fingerprint density at radius 2 is 1.84 bits per heavy atom. The molecule has 0 unspecified atom stereocenters. The number of hydrogen-bond acceptors (Lipinski definition) is 3. The van der Waals surface area contributed by atoms with E-state index in [-0.39, 0.29) is 25.0 Å². The van der Waals surface area contributed by atoms with Crippen LogP contribution in [0.3, 0.4) is 0 Å². The van der Waals surface area contributed by atoms with Crippen LogP contribution in [0, 0.1) is 0 Å². The van der Waals surface area contributed by atoms with Crippen molar-refractivity contribution in [1.82, 2.24) is 10.2 Å². The lowest BCUT2D eigenvalue weighted by molar-refractivity contribution is -0.143. The van der Waals surface area contributed by atoms with E-state index in [1.807, 2.05) is 45.9 Å². The van der Waals surface area contributed by atoms with Crippen molar-refractivity contribution in [2.75, 3.05) is 6.61 Å². The van der Waals surface area contributed by atoms with Gasteiger partial charge in [-0.15, -0.1) is 0 Å². The van der Waals surface area contributed by atoms with Crippen LogP contribution in [-0.2, 0) is 16.1 Å². The van der Waals surface area contributed by atoms with Crippen molar-refractivity contribution in [2.45, 2.75) is 52.2 Å². The molecule has 8 heteroatoms. The number of amides is 2.